The van der Waals surface area contributed by atoms with Crippen molar-refractivity contribution in [2.75, 3.05) is 30.8 Å². The minimum absolute atomic E-state index is 0.0109. The van der Waals surface area contributed by atoms with E-state index in [1.807, 2.05) is 18.3 Å². The van der Waals surface area contributed by atoms with Gasteiger partial charge in [0.2, 0.25) is 10.0 Å². The number of rotatable bonds is 7. The van der Waals surface area contributed by atoms with Gasteiger partial charge in [-0.3, -0.25) is 9.40 Å². The fourth-order valence-corrected chi connectivity index (χ4v) is 4.61. The zero-order chi connectivity index (χ0) is 18.9. The lowest BCUT2D eigenvalue weighted by Gasteiger charge is -2.10. The fraction of sp³-hybridized carbons (Fsp3) is 0.412. The molecule has 0 aliphatic carbocycles. The van der Waals surface area contributed by atoms with Crippen LogP contribution in [0.1, 0.15) is 12.0 Å². The second kappa shape index (κ2) is 7.20. The van der Waals surface area contributed by atoms with Crippen LogP contribution < -0.4 is 9.46 Å². The number of anilines is 1. The molecule has 9 nitrogen and oxygen atoms in total. The minimum atomic E-state index is -3.58. The van der Waals surface area contributed by atoms with Crippen molar-refractivity contribution in [1.29, 1.82) is 0 Å². The topological polar surface area (TPSA) is 108 Å². The van der Waals surface area contributed by atoms with Crippen molar-refractivity contribution in [3.05, 3.63) is 36.2 Å². The maximum atomic E-state index is 12.5. The summed E-state index contributed by atoms with van der Waals surface area (Å²) in [5.74, 6) is 0.591. The normalized spacial score (nSPS) is 17.4. The summed E-state index contributed by atoms with van der Waals surface area (Å²) < 4.78 is 45.3. The Bertz CT molecular complexity index is 1020. The van der Waals surface area contributed by atoms with Crippen LogP contribution in [0.15, 0.2) is 35.1 Å². The van der Waals surface area contributed by atoms with Crippen molar-refractivity contribution in [3.8, 4) is 5.75 Å². The molecule has 0 amide bonds. The van der Waals surface area contributed by atoms with E-state index in [1.54, 1.807) is 16.9 Å². The van der Waals surface area contributed by atoms with Gasteiger partial charge in [-0.25, -0.2) is 8.42 Å². The van der Waals surface area contributed by atoms with Gasteiger partial charge in [0, 0.05) is 24.9 Å². The number of methoxy groups -OCH3 is 1. The molecule has 0 bridgehead atoms. The highest BCUT2D eigenvalue weighted by atomic mass is 32.2. The van der Waals surface area contributed by atoms with E-state index in [0.717, 1.165) is 12.0 Å². The average Bonchev–Trinajstić information content (AvgIpc) is 3.37. The lowest BCUT2D eigenvalue weighted by atomic mass is 10.1. The minimum Gasteiger partial charge on any atom is -0.496 e. The molecule has 3 heterocycles. The quantitative estimate of drug-likeness (QED) is 0.654. The van der Waals surface area contributed by atoms with E-state index in [9.17, 15) is 8.42 Å². The molecular formula is C17H20N4O5S. The van der Waals surface area contributed by atoms with Gasteiger partial charge in [-0.05, 0) is 30.2 Å². The Balaban J connectivity index is 1.62. The number of ether oxygens (including phenoxy) is 2. The van der Waals surface area contributed by atoms with Crippen LogP contribution in [0.4, 0.5) is 5.82 Å². The van der Waals surface area contributed by atoms with E-state index in [-0.39, 0.29) is 17.5 Å². The number of hydrogen-bond donors (Lipinski definition) is 1. The number of sulfonamides is 1. The van der Waals surface area contributed by atoms with Crippen LogP contribution in [0.3, 0.4) is 0 Å². The van der Waals surface area contributed by atoms with Crippen LogP contribution in [0.2, 0.25) is 0 Å². The lowest BCUT2D eigenvalue weighted by Crippen LogP contribution is -2.23. The molecule has 0 spiro atoms. The summed E-state index contributed by atoms with van der Waals surface area (Å²) >= 11 is 0. The summed E-state index contributed by atoms with van der Waals surface area (Å²) in [5.41, 5.74) is 1.34. The largest absolute Gasteiger partial charge is 0.496 e. The van der Waals surface area contributed by atoms with E-state index in [0.29, 0.717) is 36.5 Å². The first-order valence-corrected chi connectivity index (χ1v) is 10.2. The molecule has 1 unspecified atom stereocenters. The molecule has 144 valence electrons. The first-order valence-electron chi connectivity index (χ1n) is 8.56. The first-order chi connectivity index (χ1) is 13.0. The number of aromatic nitrogens is 3. The van der Waals surface area contributed by atoms with Gasteiger partial charge in [0.1, 0.15) is 11.1 Å². The summed E-state index contributed by atoms with van der Waals surface area (Å²) in [6.45, 7) is 1.59. The highest BCUT2D eigenvalue weighted by Crippen LogP contribution is 2.34. The second-order valence-electron chi connectivity index (χ2n) is 6.52. The van der Waals surface area contributed by atoms with Crippen LogP contribution >= 0.6 is 0 Å². The molecule has 3 aromatic rings. The zero-order valence-corrected chi connectivity index (χ0v) is 15.6. The smallest absolute Gasteiger partial charge is 0.234 e. The molecule has 2 aromatic heterocycles. The Morgan fingerprint density at radius 3 is 3.00 bits per heavy atom. The van der Waals surface area contributed by atoms with E-state index >= 15 is 0 Å². The fourth-order valence-electron chi connectivity index (χ4n) is 3.21. The number of hydrogen-bond acceptors (Lipinski definition) is 7. The van der Waals surface area contributed by atoms with E-state index in [2.05, 4.69) is 15.0 Å². The maximum Gasteiger partial charge on any atom is 0.234 e. The molecule has 1 fully saturated rings. The van der Waals surface area contributed by atoms with Crippen LogP contribution in [0.25, 0.3) is 11.0 Å². The van der Waals surface area contributed by atoms with Crippen molar-refractivity contribution in [2.45, 2.75) is 13.0 Å². The van der Waals surface area contributed by atoms with Crippen molar-refractivity contribution in [3.63, 3.8) is 0 Å². The third-order valence-electron chi connectivity index (χ3n) is 4.45. The molecule has 1 aliphatic rings. The number of benzene rings is 1. The van der Waals surface area contributed by atoms with Gasteiger partial charge in [0.05, 0.1) is 26.0 Å². The summed E-state index contributed by atoms with van der Waals surface area (Å²) in [5, 5.41) is 8.57. The van der Waals surface area contributed by atoms with Crippen LogP contribution in [-0.2, 0) is 21.3 Å². The molecule has 1 atom stereocenters. The predicted molar refractivity (Wildman–Crippen MR) is 98.2 cm³/mol. The molecule has 4 rings (SSSR count). The number of nitrogens with one attached hydrogen (secondary N) is 1. The molecule has 10 heteroatoms. The van der Waals surface area contributed by atoms with Gasteiger partial charge in [0.15, 0.2) is 11.4 Å². The highest BCUT2D eigenvalue weighted by Gasteiger charge is 2.25. The Hall–Kier alpha value is -2.59. The molecule has 27 heavy (non-hydrogen) atoms. The zero-order valence-electron chi connectivity index (χ0n) is 14.8. The van der Waals surface area contributed by atoms with Gasteiger partial charge >= 0.3 is 0 Å². The molecule has 1 N–H and O–H groups in total. The van der Waals surface area contributed by atoms with Gasteiger partial charge < -0.3 is 14.0 Å². The van der Waals surface area contributed by atoms with Crippen molar-refractivity contribution < 1.29 is 22.4 Å². The highest BCUT2D eigenvalue weighted by molar-refractivity contribution is 7.92. The van der Waals surface area contributed by atoms with Gasteiger partial charge in [-0.15, -0.1) is 0 Å². The Morgan fingerprint density at radius 2 is 2.30 bits per heavy atom. The molecule has 0 saturated carbocycles. The molecule has 1 saturated heterocycles. The summed E-state index contributed by atoms with van der Waals surface area (Å²) in [6, 6.07) is 5.46. The average molecular weight is 392 g/mol. The van der Waals surface area contributed by atoms with Crippen molar-refractivity contribution in [1.82, 2.24) is 14.9 Å². The van der Waals surface area contributed by atoms with Crippen molar-refractivity contribution in [2.24, 2.45) is 5.92 Å². The van der Waals surface area contributed by atoms with Crippen LogP contribution in [-0.4, -0.2) is 49.4 Å². The van der Waals surface area contributed by atoms with Crippen molar-refractivity contribution >= 4 is 26.8 Å². The van der Waals surface area contributed by atoms with Crippen LogP contribution in [0.5, 0.6) is 5.75 Å². The third kappa shape index (κ3) is 3.91. The van der Waals surface area contributed by atoms with Gasteiger partial charge in [0.25, 0.3) is 0 Å². The molecular weight excluding hydrogens is 372 g/mol. The number of nitrogens with zero attached hydrogens (tertiary/aromatic N) is 3. The van der Waals surface area contributed by atoms with Crippen LogP contribution in [0, 0.1) is 5.92 Å². The summed E-state index contributed by atoms with van der Waals surface area (Å²) in [4.78, 5) is 0. The Morgan fingerprint density at radius 1 is 1.41 bits per heavy atom. The van der Waals surface area contributed by atoms with E-state index in [1.165, 1.54) is 7.11 Å². The third-order valence-corrected chi connectivity index (χ3v) is 5.87. The van der Waals surface area contributed by atoms with E-state index < -0.39 is 10.0 Å². The molecule has 0 radical (unpaired) electrons. The second-order valence-corrected chi connectivity index (χ2v) is 8.29. The summed E-state index contributed by atoms with van der Waals surface area (Å²) in [7, 11) is -2.06. The molecule has 1 aliphatic heterocycles. The van der Waals surface area contributed by atoms with E-state index in [4.69, 9.17) is 14.0 Å². The first kappa shape index (κ1) is 17.8. The van der Waals surface area contributed by atoms with Gasteiger partial charge in [-0.1, -0.05) is 5.16 Å². The SMILES string of the molecule is COc1cc(Cn2cccn2)cc2onc(NS(=O)(=O)CC3CCOC3)c12. The predicted octanol–water partition coefficient (Wildman–Crippen LogP) is 1.86. The maximum absolute atomic E-state index is 12.5. The summed E-state index contributed by atoms with van der Waals surface area (Å²) in [6.07, 6.45) is 4.29. The lowest BCUT2D eigenvalue weighted by molar-refractivity contribution is 0.188. The van der Waals surface area contributed by atoms with Gasteiger partial charge in [-0.2, -0.15) is 5.10 Å². The Kier molecular flexibility index (Phi) is 4.75. The molecule has 1 aromatic carbocycles. The Labute approximate surface area is 156 Å². The number of fused-ring (bicyclic) bond motifs is 1. The monoisotopic (exact) mass is 392 g/mol. The standard InChI is InChI=1S/C17H20N4O5S/c1-24-14-7-13(9-21-5-2-4-18-21)8-15-16(14)17(19-26-15)20-27(22,23)11-12-3-6-25-10-12/h2,4-5,7-8,12H,3,6,9-11H2,1H3,(H,19,20).